The maximum atomic E-state index is 14.2. The van der Waals surface area contributed by atoms with E-state index >= 15 is 0 Å². The maximum absolute atomic E-state index is 14.2. The van der Waals surface area contributed by atoms with Crippen LogP contribution in [-0.2, 0) is 32.0 Å². The molecule has 0 unspecified atom stereocenters. The lowest BCUT2D eigenvalue weighted by Crippen LogP contribution is -2.71. The molecule has 2 aromatic carbocycles. The van der Waals surface area contributed by atoms with Gasteiger partial charge < -0.3 is 25.2 Å². The number of hydrogen-bond donors (Lipinski definition) is 3. The van der Waals surface area contributed by atoms with Gasteiger partial charge in [-0.05, 0) is 62.4 Å². The number of fused-ring (bicyclic) bond motifs is 5. The Morgan fingerprint density at radius 3 is 2.79 bits per heavy atom. The number of carbonyl (C=O) groups is 3. The standard InChI is InChI=1S/C33H37N5O5/c1-32(35-29(39)21-15-23-22-10-6-11-24-28(22)20(17-34-24)16-25(23)36(2)18-21)31(41)38-26(14-19-8-4-3-5-9-19)30(40)37-13-7-12-27(37)33(38,42)43-32/h3-6,8-11,17,21,23,25-27,34,42H,7,12-16,18H2,1-2H3,(H,35,39)/t21-,23+,25-,26+,27+,32-,33+/m1/s1. The molecule has 43 heavy (non-hydrogen) atoms. The number of ether oxygens (including phenoxy) is 1. The van der Waals surface area contributed by atoms with Gasteiger partial charge in [-0.25, -0.2) is 0 Å². The molecule has 1 aliphatic carbocycles. The van der Waals surface area contributed by atoms with Crippen LogP contribution in [0.5, 0.6) is 0 Å². The fraction of sp³-hybridized carbons (Fsp3) is 0.485. The van der Waals surface area contributed by atoms with Gasteiger partial charge in [-0.15, -0.1) is 0 Å². The van der Waals surface area contributed by atoms with Crippen LogP contribution in [0.1, 0.15) is 48.8 Å². The Bertz CT molecular complexity index is 1640. The summed E-state index contributed by atoms with van der Waals surface area (Å²) in [5, 5.41) is 16.2. The summed E-state index contributed by atoms with van der Waals surface area (Å²) in [4.78, 5) is 50.4. The van der Waals surface area contributed by atoms with E-state index in [0.29, 0.717) is 32.4 Å². The minimum atomic E-state index is -2.03. The molecule has 0 spiro atoms. The van der Waals surface area contributed by atoms with E-state index in [2.05, 4.69) is 46.6 Å². The number of likely N-dealkylation sites (tertiary alicyclic amines) is 1. The number of carbonyl (C=O) groups excluding carboxylic acids is 3. The van der Waals surface area contributed by atoms with Crippen LogP contribution < -0.4 is 5.32 Å². The molecule has 7 atom stereocenters. The monoisotopic (exact) mass is 583 g/mol. The van der Waals surface area contributed by atoms with Crippen LogP contribution in [0.2, 0.25) is 0 Å². The Balaban J connectivity index is 1.08. The molecule has 5 aliphatic rings. The molecule has 0 bridgehead atoms. The molecular weight excluding hydrogens is 546 g/mol. The van der Waals surface area contributed by atoms with Crippen LogP contribution in [-0.4, -0.2) is 92.4 Å². The van der Waals surface area contributed by atoms with Crippen molar-refractivity contribution in [2.75, 3.05) is 20.1 Å². The molecule has 10 heteroatoms. The van der Waals surface area contributed by atoms with E-state index in [1.54, 1.807) is 4.90 Å². The minimum Gasteiger partial charge on any atom is -0.361 e. The van der Waals surface area contributed by atoms with Crippen LogP contribution >= 0.6 is 0 Å². The first kappa shape index (κ1) is 26.9. The van der Waals surface area contributed by atoms with E-state index in [9.17, 15) is 19.5 Å². The minimum absolute atomic E-state index is 0.171. The second-order valence-corrected chi connectivity index (χ2v) is 13.2. The molecule has 3 aromatic rings. The SMILES string of the molecule is CN1C[C@H](C(=O)N[C@]2(C)O[C@@]3(O)[C@@H]4CCCN4C(=O)[C@H](Cc4ccccc4)N3C2=O)C[C@H]2c3cccc4[nH]cc(c34)C[C@H]21. The first-order valence-corrected chi connectivity index (χ1v) is 15.4. The summed E-state index contributed by atoms with van der Waals surface area (Å²) in [6, 6.07) is 14.4. The van der Waals surface area contributed by atoms with Crippen molar-refractivity contribution in [3.8, 4) is 0 Å². The molecule has 0 saturated carbocycles. The van der Waals surface area contributed by atoms with Crippen molar-refractivity contribution in [1.29, 1.82) is 0 Å². The van der Waals surface area contributed by atoms with E-state index in [1.807, 2.05) is 30.3 Å². The molecule has 4 saturated heterocycles. The van der Waals surface area contributed by atoms with Gasteiger partial charge in [-0.3, -0.25) is 24.0 Å². The van der Waals surface area contributed by atoms with Crippen molar-refractivity contribution in [2.45, 2.75) is 74.7 Å². The summed E-state index contributed by atoms with van der Waals surface area (Å²) in [5.74, 6) is -3.31. The molecular formula is C33H37N5O5. The molecule has 3 N–H and O–H groups in total. The largest absolute Gasteiger partial charge is 0.361 e. The summed E-state index contributed by atoms with van der Waals surface area (Å²) in [7, 11) is 2.06. The van der Waals surface area contributed by atoms with Gasteiger partial charge in [0.15, 0.2) is 0 Å². The van der Waals surface area contributed by atoms with E-state index in [-0.39, 0.29) is 36.1 Å². The second kappa shape index (κ2) is 9.38. The summed E-state index contributed by atoms with van der Waals surface area (Å²) in [5.41, 5.74) is 2.74. The van der Waals surface area contributed by atoms with Crippen LogP contribution in [0, 0.1) is 5.92 Å². The smallest absolute Gasteiger partial charge is 0.280 e. The van der Waals surface area contributed by atoms with Crippen molar-refractivity contribution in [1.82, 2.24) is 25.0 Å². The third-order valence-electron chi connectivity index (χ3n) is 10.6. The Kier molecular flexibility index (Phi) is 5.86. The third-order valence-corrected chi connectivity index (χ3v) is 10.6. The highest BCUT2D eigenvalue weighted by Crippen LogP contribution is 2.47. The summed E-state index contributed by atoms with van der Waals surface area (Å²) in [6.07, 6.45) is 5.13. The lowest BCUT2D eigenvalue weighted by atomic mass is 9.72. The van der Waals surface area contributed by atoms with Gasteiger partial charge >= 0.3 is 0 Å². The number of nitrogens with one attached hydrogen (secondary N) is 2. The quantitative estimate of drug-likeness (QED) is 0.433. The average molecular weight is 584 g/mol. The highest BCUT2D eigenvalue weighted by Gasteiger charge is 2.70. The highest BCUT2D eigenvalue weighted by atomic mass is 16.7. The molecule has 5 heterocycles. The Labute approximate surface area is 250 Å². The number of piperidine rings is 1. The van der Waals surface area contributed by atoms with Crippen molar-refractivity contribution < 1.29 is 24.2 Å². The number of nitrogens with zero attached hydrogens (tertiary/aromatic N) is 3. The second-order valence-electron chi connectivity index (χ2n) is 13.2. The summed E-state index contributed by atoms with van der Waals surface area (Å²) >= 11 is 0. The van der Waals surface area contributed by atoms with Crippen molar-refractivity contribution >= 4 is 28.6 Å². The van der Waals surface area contributed by atoms with Crippen LogP contribution in [0.3, 0.4) is 0 Å². The number of piperazine rings is 1. The lowest BCUT2D eigenvalue weighted by molar-refractivity contribution is -0.315. The van der Waals surface area contributed by atoms with E-state index in [1.165, 1.54) is 28.3 Å². The fourth-order valence-electron chi connectivity index (χ4n) is 8.65. The van der Waals surface area contributed by atoms with Gasteiger partial charge in [-0.2, -0.15) is 0 Å². The van der Waals surface area contributed by atoms with E-state index in [4.69, 9.17) is 4.74 Å². The number of aliphatic hydroxyl groups is 1. The van der Waals surface area contributed by atoms with Gasteiger partial charge in [0.05, 0.1) is 5.92 Å². The third kappa shape index (κ3) is 3.86. The molecule has 3 amide bonds. The zero-order valence-corrected chi connectivity index (χ0v) is 24.5. The number of aromatic amines is 1. The summed E-state index contributed by atoms with van der Waals surface area (Å²) < 4.78 is 6.25. The molecule has 8 rings (SSSR count). The molecule has 10 nitrogen and oxygen atoms in total. The first-order chi connectivity index (χ1) is 20.7. The Morgan fingerprint density at radius 1 is 1.16 bits per heavy atom. The van der Waals surface area contributed by atoms with Crippen molar-refractivity contribution in [2.24, 2.45) is 5.92 Å². The molecule has 4 aliphatic heterocycles. The highest BCUT2D eigenvalue weighted by molar-refractivity contribution is 5.97. The maximum Gasteiger partial charge on any atom is 0.280 e. The molecule has 1 aromatic heterocycles. The number of aromatic nitrogens is 1. The van der Waals surface area contributed by atoms with Gasteiger partial charge in [0.1, 0.15) is 12.1 Å². The Morgan fingerprint density at radius 2 is 1.98 bits per heavy atom. The van der Waals surface area contributed by atoms with Gasteiger partial charge in [0, 0.05) is 48.6 Å². The summed E-state index contributed by atoms with van der Waals surface area (Å²) in [6.45, 7) is 2.56. The van der Waals surface area contributed by atoms with Gasteiger partial charge in [-0.1, -0.05) is 42.5 Å². The molecule has 224 valence electrons. The molecule has 4 fully saturated rings. The van der Waals surface area contributed by atoms with Crippen LogP contribution in [0.25, 0.3) is 10.9 Å². The number of rotatable bonds is 4. The predicted octanol–water partition coefficient (Wildman–Crippen LogP) is 2.08. The zero-order chi connectivity index (χ0) is 29.7. The number of hydrogen-bond acceptors (Lipinski definition) is 6. The first-order valence-electron chi connectivity index (χ1n) is 15.4. The van der Waals surface area contributed by atoms with Gasteiger partial charge in [0.2, 0.25) is 17.5 Å². The fourth-order valence-corrected chi connectivity index (χ4v) is 8.65. The number of benzene rings is 2. The van der Waals surface area contributed by atoms with E-state index < -0.39 is 29.6 Å². The van der Waals surface area contributed by atoms with Crippen LogP contribution in [0.4, 0.5) is 0 Å². The zero-order valence-electron chi connectivity index (χ0n) is 24.5. The normalized spacial score (nSPS) is 35.2. The van der Waals surface area contributed by atoms with E-state index in [0.717, 1.165) is 17.5 Å². The lowest BCUT2D eigenvalue weighted by Gasteiger charge is -2.48. The van der Waals surface area contributed by atoms with Crippen molar-refractivity contribution in [3.63, 3.8) is 0 Å². The Hall–Kier alpha value is -3.73. The number of amides is 3. The average Bonchev–Trinajstić information content (AvgIpc) is 3.70. The predicted molar refractivity (Wildman–Crippen MR) is 157 cm³/mol. The number of likely N-dealkylation sites (N-methyl/N-ethyl adjacent to an activating group) is 1. The molecule has 0 radical (unpaired) electrons. The van der Waals surface area contributed by atoms with Crippen LogP contribution in [0.15, 0.2) is 54.7 Å². The topological polar surface area (TPSA) is 118 Å². The number of H-pyrrole nitrogens is 1. The van der Waals surface area contributed by atoms with Gasteiger partial charge in [0.25, 0.3) is 11.8 Å². The van der Waals surface area contributed by atoms with Crippen molar-refractivity contribution in [3.05, 3.63) is 71.4 Å².